The van der Waals surface area contributed by atoms with E-state index in [1.165, 1.54) is 51.5 Å². The summed E-state index contributed by atoms with van der Waals surface area (Å²) in [4.78, 5) is 0. The lowest BCUT2D eigenvalue weighted by Gasteiger charge is -2.22. The van der Waals surface area contributed by atoms with Crippen molar-refractivity contribution in [3.63, 3.8) is 0 Å². The highest BCUT2D eigenvalue weighted by Gasteiger charge is 2.14. The van der Waals surface area contributed by atoms with Gasteiger partial charge in [0.1, 0.15) is 0 Å². The van der Waals surface area contributed by atoms with Gasteiger partial charge >= 0.3 is 0 Å². The number of hydrogen-bond acceptors (Lipinski definition) is 2. The van der Waals surface area contributed by atoms with Crippen LogP contribution in [0.25, 0.3) is 0 Å². The topological polar surface area (TPSA) is 21.3 Å². The molecule has 1 N–H and O–H groups in total. The van der Waals surface area contributed by atoms with Crippen molar-refractivity contribution in [2.75, 3.05) is 26.8 Å². The Balaban J connectivity index is 2.06. The van der Waals surface area contributed by atoms with Crippen LogP contribution in [-0.2, 0) is 4.74 Å². The van der Waals surface area contributed by atoms with Gasteiger partial charge < -0.3 is 10.1 Å². The normalized spacial score (nSPS) is 19.3. The minimum Gasteiger partial charge on any atom is -0.381 e. The van der Waals surface area contributed by atoms with Crippen LogP contribution in [0.15, 0.2) is 0 Å². The average Bonchev–Trinajstić information content (AvgIpc) is 2.35. The molecule has 0 radical (unpaired) electrons. The highest BCUT2D eigenvalue weighted by molar-refractivity contribution is 4.66. The number of rotatable bonds is 9. The smallest absolute Gasteiger partial charge is 0.0468 e. The monoisotopic (exact) mass is 255 g/mol. The summed E-state index contributed by atoms with van der Waals surface area (Å²) in [5.74, 6) is 2.66. The minimum absolute atomic E-state index is 0.832. The van der Waals surface area contributed by atoms with Crippen molar-refractivity contribution in [2.45, 2.75) is 58.8 Å². The van der Waals surface area contributed by atoms with E-state index in [-0.39, 0.29) is 0 Å². The Kier molecular flexibility index (Phi) is 8.70. The SMILES string of the molecule is CNCC(CCCCC1CCOCC1)CC(C)C. The summed E-state index contributed by atoms with van der Waals surface area (Å²) in [6, 6.07) is 0. The zero-order chi connectivity index (χ0) is 13.2. The summed E-state index contributed by atoms with van der Waals surface area (Å²) in [5, 5.41) is 3.35. The molecule has 0 aromatic heterocycles. The van der Waals surface area contributed by atoms with E-state index in [1.807, 2.05) is 0 Å². The predicted molar refractivity (Wildman–Crippen MR) is 78.9 cm³/mol. The number of hydrogen-bond donors (Lipinski definition) is 1. The molecule has 1 rings (SSSR count). The molecule has 0 aliphatic carbocycles. The van der Waals surface area contributed by atoms with Gasteiger partial charge in [0.15, 0.2) is 0 Å². The molecule has 2 nitrogen and oxygen atoms in total. The van der Waals surface area contributed by atoms with Crippen LogP contribution in [-0.4, -0.2) is 26.8 Å². The largest absolute Gasteiger partial charge is 0.381 e. The molecule has 1 fully saturated rings. The molecule has 18 heavy (non-hydrogen) atoms. The number of nitrogens with one attached hydrogen (secondary N) is 1. The van der Waals surface area contributed by atoms with Gasteiger partial charge in [0.25, 0.3) is 0 Å². The standard InChI is InChI=1S/C16H33NO/c1-14(2)12-16(13-17-3)7-5-4-6-15-8-10-18-11-9-15/h14-17H,4-13H2,1-3H3. The number of unbranched alkanes of at least 4 members (excludes halogenated alkanes) is 1. The first-order chi connectivity index (χ1) is 8.72. The van der Waals surface area contributed by atoms with Gasteiger partial charge in [-0.05, 0) is 57.0 Å². The van der Waals surface area contributed by atoms with E-state index in [9.17, 15) is 0 Å². The molecule has 0 aromatic carbocycles. The summed E-state index contributed by atoms with van der Waals surface area (Å²) in [6.07, 6.45) is 9.63. The first-order valence-corrected chi connectivity index (χ1v) is 7.94. The van der Waals surface area contributed by atoms with Crippen LogP contribution < -0.4 is 5.32 Å². The molecule has 1 saturated heterocycles. The van der Waals surface area contributed by atoms with Gasteiger partial charge in [0.2, 0.25) is 0 Å². The Hall–Kier alpha value is -0.0800. The second kappa shape index (κ2) is 9.80. The Labute approximate surface area is 114 Å². The van der Waals surface area contributed by atoms with Crippen LogP contribution >= 0.6 is 0 Å². The van der Waals surface area contributed by atoms with Crippen molar-refractivity contribution in [2.24, 2.45) is 17.8 Å². The molecule has 1 aliphatic rings. The maximum atomic E-state index is 5.41. The van der Waals surface area contributed by atoms with Gasteiger partial charge in [-0.1, -0.05) is 33.1 Å². The maximum absolute atomic E-state index is 5.41. The Bertz CT molecular complexity index is 188. The van der Waals surface area contributed by atoms with E-state index < -0.39 is 0 Å². The maximum Gasteiger partial charge on any atom is 0.0468 e. The molecule has 1 heterocycles. The zero-order valence-corrected chi connectivity index (χ0v) is 12.7. The van der Waals surface area contributed by atoms with Crippen LogP contribution in [0.3, 0.4) is 0 Å². The fraction of sp³-hybridized carbons (Fsp3) is 1.00. The molecule has 1 unspecified atom stereocenters. The van der Waals surface area contributed by atoms with Crippen molar-refractivity contribution >= 4 is 0 Å². The molecule has 2 heteroatoms. The Morgan fingerprint density at radius 3 is 2.50 bits per heavy atom. The van der Waals surface area contributed by atoms with Crippen molar-refractivity contribution in [1.29, 1.82) is 0 Å². The van der Waals surface area contributed by atoms with Crippen LogP contribution in [0.4, 0.5) is 0 Å². The quantitative estimate of drug-likeness (QED) is 0.632. The van der Waals surface area contributed by atoms with Crippen LogP contribution in [0.2, 0.25) is 0 Å². The molecule has 1 aliphatic heterocycles. The Morgan fingerprint density at radius 1 is 1.17 bits per heavy atom. The molecule has 0 bridgehead atoms. The summed E-state index contributed by atoms with van der Waals surface area (Å²) >= 11 is 0. The molecule has 0 aromatic rings. The van der Waals surface area contributed by atoms with E-state index >= 15 is 0 Å². The highest BCUT2D eigenvalue weighted by atomic mass is 16.5. The average molecular weight is 255 g/mol. The van der Waals surface area contributed by atoms with Gasteiger partial charge in [-0.3, -0.25) is 0 Å². The second-order valence-corrected chi connectivity index (χ2v) is 6.39. The molecular formula is C16H33NO. The van der Waals surface area contributed by atoms with Gasteiger partial charge in [-0.2, -0.15) is 0 Å². The molecule has 0 spiro atoms. The van der Waals surface area contributed by atoms with Crippen LogP contribution in [0.5, 0.6) is 0 Å². The van der Waals surface area contributed by atoms with E-state index in [1.54, 1.807) is 0 Å². The first kappa shape index (κ1) is 16.0. The molecule has 0 amide bonds. The third kappa shape index (κ3) is 7.38. The molecule has 0 saturated carbocycles. The zero-order valence-electron chi connectivity index (χ0n) is 12.7. The lowest BCUT2D eigenvalue weighted by Crippen LogP contribution is -2.20. The summed E-state index contributed by atoms with van der Waals surface area (Å²) < 4.78 is 5.41. The third-order valence-corrected chi connectivity index (χ3v) is 4.11. The molecule has 108 valence electrons. The van der Waals surface area contributed by atoms with Gasteiger partial charge in [-0.15, -0.1) is 0 Å². The first-order valence-electron chi connectivity index (χ1n) is 7.94. The van der Waals surface area contributed by atoms with Crippen molar-refractivity contribution in [3.05, 3.63) is 0 Å². The molecular weight excluding hydrogens is 222 g/mol. The predicted octanol–water partition coefficient (Wildman–Crippen LogP) is 3.86. The fourth-order valence-electron chi connectivity index (χ4n) is 3.16. The van der Waals surface area contributed by atoms with Gasteiger partial charge in [0, 0.05) is 13.2 Å². The summed E-state index contributed by atoms with van der Waals surface area (Å²) in [6.45, 7) is 7.87. The van der Waals surface area contributed by atoms with Gasteiger partial charge in [0.05, 0.1) is 0 Å². The second-order valence-electron chi connectivity index (χ2n) is 6.39. The highest BCUT2D eigenvalue weighted by Crippen LogP contribution is 2.23. The summed E-state index contributed by atoms with van der Waals surface area (Å²) in [5.41, 5.74) is 0. The Morgan fingerprint density at radius 2 is 1.89 bits per heavy atom. The minimum atomic E-state index is 0.832. The van der Waals surface area contributed by atoms with E-state index in [2.05, 4.69) is 26.2 Å². The molecule has 1 atom stereocenters. The van der Waals surface area contributed by atoms with E-state index in [0.29, 0.717) is 0 Å². The lowest BCUT2D eigenvalue weighted by molar-refractivity contribution is 0.0630. The third-order valence-electron chi connectivity index (χ3n) is 4.11. The van der Waals surface area contributed by atoms with E-state index in [4.69, 9.17) is 4.74 Å². The number of ether oxygens (including phenoxy) is 1. The van der Waals surface area contributed by atoms with Crippen molar-refractivity contribution < 1.29 is 4.74 Å². The lowest BCUT2D eigenvalue weighted by atomic mass is 9.89. The van der Waals surface area contributed by atoms with Crippen LogP contribution in [0, 0.1) is 17.8 Å². The van der Waals surface area contributed by atoms with Crippen molar-refractivity contribution in [1.82, 2.24) is 5.32 Å². The van der Waals surface area contributed by atoms with E-state index in [0.717, 1.165) is 31.0 Å². The fourth-order valence-corrected chi connectivity index (χ4v) is 3.16. The van der Waals surface area contributed by atoms with Crippen LogP contribution in [0.1, 0.15) is 58.8 Å². The van der Waals surface area contributed by atoms with Crippen molar-refractivity contribution in [3.8, 4) is 0 Å². The van der Waals surface area contributed by atoms with Gasteiger partial charge in [-0.25, -0.2) is 0 Å². The summed E-state index contributed by atoms with van der Waals surface area (Å²) in [7, 11) is 2.08.